The van der Waals surface area contributed by atoms with Gasteiger partial charge in [-0.1, -0.05) is 0 Å². The molecule has 0 saturated heterocycles. The molecule has 0 aromatic carbocycles. The Kier molecular flexibility index (Phi) is 3.14. The van der Waals surface area contributed by atoms with Crippen molar-refractivity contribution >= 4 is 11.8 Å². The largest absolute Gasteiger partial charge is 0.479 e. The predicted octanol–water partition coefficient (Wildman–Crippen LogP) is -1.57. The Morgan fingerprint density at radius 1 is 1.53 bits per heavy atom. The Labute approximate surface area is 105 Å². The van der Waals surface area contributed by atoms with Gasteiger partial charge in [0, 0.05) is 18.8 Å². The highest BCUT2D eigenvalue weighted by Crippen LogP contribution is 2.15. The zero-order valence-electron chi connectivity index (χ0n) is 9.75. The van der Waals surface area contributed by atoms with Gasteiger partial charge in [0.05, 0.1) is 6.20 Å². The van der Waals surface area contributed by atoms with E-state index in [4.69, 9.17) is 5.11 Å². The summed E-state index contributed by atoms with van der Waals surface area (Å²) in [6, 6.07) is -1.20. The monoisotopic (exact) mass is 266 g/mol. The molecular formula is C9H10N6O4. The molecule has 0 amide bonds. The van der Waals surface area contributed by atoms with Crippen molar-refractivity contribution in [2.75, 3.05) is 5.32 Å². The summed E-state index contributed by atoms with van der Waals surface area (Å²) in [5.74, 6) is -1.50. The number of nitrogens with zero attached hydrogens (tertiary/aromatic N) is 3. The van der Waals surface area contributed by atoms with Crippen LogP contribution in [-0.4, -0.2) is 36.0 Å². The van der Waals surface area contributed by atoms with Crippen molar-refractivity contribution in [1.29, 1.82) is 0 Å². The van der Waals surface area contributed by atoms with Gasteiger partial charge in [-0.2, -0.15) is 5.10 Å². The number of aliphatic carboxylic acids is 1. The smallest absolute Gasteiger partial charge is 0.342 e. The Hall–Kier alpha value is -2.91. The number of carboxylic acid groups (broad SMARTS) is 1. The number of carboxylic acids is 1. The van der Waals surface area contributed by atoms with Crippen molar-refractivity contribution in [2.45, 2.75) is 6.04 Å². The number of aryl methyl sites for hydroxylation is 1. The normalized spacial score (nSPS) is 12.1. The summed E-state index contributed by atoms with van der Waals surface area (Å²) < 4.78 is 1.43. The van der Waals surface area contributed by atoms with E-state index in [9.17, 15) is 14.4 Å². The molecule has 0 aliphatic rings. The molecule has 0 aliphatic heterocycles. The molecule has 10 heteroatoms. The maximum absolute atomic E-state index is 11.4. The number of aromatic amines is 2. The Morgan fingerprint density at radius 2 is 2.26 bits per heavy atom. The molecule has 19 heavy (non-hydrogen) atoms. The Balaban J connectivity index is 2.34. The Morgan fingerprint density at radius 3 is 2.79 bits per heavy atom. The molecule has 2 heterocycles. The zero-order chi connectivity index (χ0) is 14.0. The number of nitrogens with one attached hydrogen (secondary N) is 3. The van der Waals surface area contributed by atoms with Crippen molar-refractivity contribution in [1.82, 2.24) is 25.0 Å². The van der Waals surface area contributed by atoms with Crippen LogP contribution in [0.2, 0.25) is 0 Å². The summed E-state index contributed by atoms with van der Waals surface area (Å²) in [5, 5.41) is 20.9. The average Bonchev–Trinajstić information content (AvgIpc) is 2.74. The fourth-order valence-corrected chi connectivity index (χ4v) is 1.46. The van der Waals surface area contributed by atoms with Crippen LogP contribution in [0.1, 0.15) is 11.6 Å². The summed E-state index contributed by atoms with van der Waals surface area (Å²) in [7, 11) is 1.63. The number of aromatic nitrogens is 5. The number of rotatable bonds is 4. The standard InChI is InChI=1S/C9H10N6O4/c1-15-3-4(2-10-15)5(8(17)18)11-6-7(16)12-9(19)14-13-6/h2-3,5H,1H3,(H,11,13)(H,17,18)(H2,12,14,16,19). The number of anilines is 1. The second kappa shape index (κ2) is 4.76. The SMILES string of the molecule is Cn1cc(C(Nc2n[nH]c(=O)[nH]c2=O)C(=O)O)cn1. The first kappa shape index (κ1) is 12.5. The van der Waals surface area contributed by atoms with Gasteiger partial charge >= 0.3 is 11.7 Å². The van der Waals surface area contributed by atoms with Crippen molar-refractivity contribution in [2.24, 2.45) is 7.05 Å². The first-order valence-corrected chi connectivity index (χ1v) is 5.14. The second-order valence-corrected chi connectivity index (χ2v) is 3.72. The molecule has 4 N–H and O–H groups in total. The van der Waals surface area contributed by atoms with Crippen LogP contribution in [0.3, 0.4) is 0 Å². The lowest BCUT2D eigenvalue weighted by Gasteiger charge is -2.11. The van der Waals surface area contributed by atoms with Crippen LogP contribution >= 0.6 is 0 Å². The van der Waals surface area contributed by atoms with Gasteiger partial charge in [-0.15, -0.1) is 5.10 Å². The van der Waals surface area contributed by atoms with Crippen molar-refractivity contribution in [3.05, 3.63) is 38.8 Å². The van der Waals surface area contributed by atoms with E-state index in [-0.39, 0.29) is 5.82 Å². The fraction of sp³-hybridized carbons (Fsp3) is 0.222. The van der Waals surface area contributed by atoms with Gasteiger partial charge < -0.3 is 10.4 Å². The molecule has 0 fully saturated rings. The van der Waals surface area contributed by atoms with Crippen LogP contribution in [0.25, 0.3) is 0 Å². The third kappa shape index (κ3) is 2.68. The van der Waals surface area contributed by atoms with Crippen LogP contribution in [0.5, 0.6) is 0 Å². The van der Waals surface area contributed by atoms with E-state index in [2.05, 4.69) is 15.5 Å². The van der Waals surface area contributed by atoms with Crippen LogP contribution in [0.15, 0.2) is 22.0 Å². The second-order valence-electron chi connectivity index (χ2n) is 3.72. The molecule has 0 radical (unpaired) electrons. The van der Waals surface area contributed by atoms with Gasteiger partial charge in [0.2, 0.25) is 5.82 Å². The van der Waals surface area contributed by atoms with E-state index < -0.39 is 23.3 Å². The van der Waals surface area contributed by atoms with Crippen molar-refractivity contribution in [3.8, 4) is 0 Å². The van der Waals surface area contributed by atoms with Gasteiger partial charge in [0.1, 0.15) is 0 Å². The average molecular weight is 266 g/mol. The third-order valence-corrected chi connectivity index (χ3v) is 2.30. The van der Waals surface area contributed by atoms with E-state index in [0.29, 0.717) is 5.56 Å². The topological polar surface area (TPSA) is 146 Å². The minimum absolute atomic E-state index is 0.296. The lowest BCUT2D eigenvalue weighted by Crippen LogP contribution is -2.30. The van der Waals surface area contributed by atoms with E-state index in [0.717, 1.165) is 0 Å². The van der Waals surface area contributed by atoms with Gasteiger partial charge in [0.25, 0.3) is 5.56 Å². The molecule has 0 aliphatic carbocycles. The number of hydrogen-bond donors (Lipinski definition) is 4. The molecule has 10 nitrogen and oxygen atoms in total. The third-order valence-electron chi connectivity index (χ3n) is 2.30. The molecule has 2 rings (SSSR count). The summed E-state index contributed by atoms with van der Waals surface area (Å²) in [6.07, 6.45) is 2.84. The lowest BCUT2D eigenvalue weighted by atomic mass is 10.1. The summed E-state index contributed by atoms with van der Waals surface area (Å²) in [4.78, 5) is 35.3. The molecular weight excluding hydrogens is 256 g/mol. The molecule has 0 saturated carbocycles. The maximum Gasteiger partial charge on any atom is 0.342 e. The lowest BCUT2D eigenvalue weighted by molar-refractivity contribution is -0.138. The number of H-pyrrole nitrogens is 2. The van der Waals surface area contributed by atoms with Gasteiger partial charge in [0.15, 0.2) is 6.04 Å². The van der Waals surface area contributed by atoms with Crippen LogP contribution < -0.4 is 16.6 Å². The summed E-state index contributed by atoms with van der Waals surface area (Å²) in [6.45, 7) is 0. The van der Waals surface area contributed by atoms with E-state index in [1.54, 1.807) is 7.05 Å². The highest BCUT2D eigenvalue weighted by Gasteiger charge is 2.22. The van der Waals surface area contributed by atoms with E-state index in [1.165, 1.54) is 17.1 Å². The molecule has 0 bridgehead atoms. The molecule has 1 unspecified atom stereocenters. The molecule has 2 aromatic heterocycles. The van der Waals surface area contributed by atoms with Crippen molar-refractivity contribution < 1.29 is 9.90 Å². The van der Waals surface area contributed by atoms with Crippen molar-refractivity contribution in [3.63, 3.8) is 0 Å². The maximum atomic E-state index is 11.4. The highest BCUT2D eigenvalue weighted by atomic mass is 16.4. The van der Waals surface area contributed by atoms with Gasteiger partial charge in [-0.05, 0) is 0 Å². The van der Waals surface area contributed by atoms with Gasteiger partial charge in [-0.25, -0.2) is 14.7 Å². The number of hydrogen-bond acceptors (Lipinski definition) is 6. The van der Waals surface area contributed by atoms with E-state index >= 15 is 0 Å². The van der Waals surface area contributed by atoms with Crippen LogP contribution in [0.4, 0.5) is 5.82 Å². The zero-order valence-corrected chi connectivity index (χ0v) is 9.75. The first-order valence-electron chi connectivity index (χ1n) is 5.14. The minimum atomic E-state index is -1.21. The van der Waals surface area contributed by atoms with Crippen LogP contribution in [0, 0.1) is 0 Å². The summed E-state index contributed by atoms with van der Waals surface area (Å²) in [5.41, 5.74) is -1.23. The first-order chi connectivity index (χ1) is 8.97. The van der Waals surface area contributed by atoms with E-state index in [1.807, 2.05) is 10.1 Å². The fourth-order valence-electron chi connectivity index (χ4n) is 1.46. The molecule has 0 spiro atoms. The molecule has 1 atom stereocenters. The van der Waals surface area contributed by atoms with Crippen LogP contribution in [-0.2, 0) is 11.8 Å². The summed E-state index contributed by atoms with van der Waals surface area (Å²) >= 11 is 0. The minimum Gasteiger partial charge on any atom is -0.479 e. The Bertz CT molecular complexity index is 714. The predicted molar refractivity (Wildman–Crippen MR) is 62.7 cm³/mol. The molecule has 2 aromatic rings. The van der Waals surface area contributed by atoms with Gasteiger partial charge in [-0.3, -0.25) is 14.5 Å². The quantitative estimate of drug-likeness (QED) is 0.522. The number of carbonyl (C=O) groups is 1. The molecule has 100 valence electrons. The highest BCUT2D eigenvalue weighted by molar-refractivity contribution is 5.78.